The van der Waals surface area contributed by atoms with Gasteiger partial charge in [0.15, 0.2) is 0 Å². The summed E-state index contributed by atoms with van der Waals surface area (Å²) in [7, 11) is 0. The summed E-state index contributed by atoms with van der Waals surface area (Å²) in [5, 5.41) is 8.89. The second kappa shape index (κ2) is 19.6. The number of nitrogens with one attached hydrogen (secondary N) is 1. The fourth-order valence-corrected chi connectivity index (χ4v) is 8.24. The maximum atomic E-state index is 13.5. The van der Waals surface area contributed by atoms with Crippen LogP contribution in [0.3, 0.4) is 0 Å². The molecule has 2 N–H and O–H groups in total. The lowest BCUT2D eigenvalue weighted by Gasteiger charge is -2.42. The summed E-state index contributed by atoms with van der Waals surface area (Å²) in [5.41, 5.74) is 1.62. The smallest absolute Gasteiger partial charge is 0.262 e. The topological polar surface area (TPSA) is 90.0 Å². The van der Waals surface area contributed by atoms with E-state index in [1.54, 1.807) is 5.48 Å². The quantitative estimate of drug-likeness (QED) is 0.182. The first-order valence-electron chi connectivity index (χ1n) is 18.0. The Bertz CT molecular complexity index is 769. The van der Waals surface area contributed by atoms with E-state index in [0.29, 0.717) is 12.5 Å². The third-order valence-corrected chi connectivity index (χ3v) is 10.9. The number of hydrogen-bond acceptors (Lipinski definition) is 4. The normalized spacial score (nSPS) is 22.9. The zero-order valence-electron chi connectivity index (χ0n) is 27.1. The lowest BCUT2D eigenvalue weighted by Crippen LogP contribution is -2.48. The number of likely N-dealkylation sites (tertiary alicyclic amines) is 1. The first-order chi connectivity index (χ1) is 20.5. The number of hydroxylamine groups is 1. The van der Waals surface area contributed by atoms with Crippen molar-refractivity contribution >= 4 is 17.7 Å². The molecule has 1 heterocycles. The molecule has 4 aliphatic rings. The highest BCUT2D eigenvalue weighted by Gasteiger charge is 2.37. The van der Waals surface area contributed by atoms with Crippen molar-refractivity contribution in [1.82, 2.24) is 15.3 Å². The van der Waals surface area contributed by atoms with Crippen LogP contribution in [-0.4, -0.2) is 58.9 Å². The third kappa shape index (κ3) is 11.5. The van der Waals surface area contributed by atoms with Crippen molar-refractivity contribution in [3.8, 4) is 0 Å². The second-order valence-electron chi connectivity index (χ2n) is 13.9. The summed E-state index contributed by atoms with van der Waals surface area (Å²) in [6.45, 7) is 6.34. The summed E-state index contributed by atoms with van der Waals surface area (Å²) < 4.78 is 0. The summed E-state index contributed by atoms with van der Waals surface area (Å²) in [6, 6.07) is 0. The predicted molar refractivity (Wildman–Crippen MR) is 169 cm³/mol. The molecule has 4 rings (SSSR count). The van der Waals surface area contributed by atoms with Gasteiger partial charge in [-0.05, 0) is 42.9 Å². The van der Waals surface area contributed by atoms with Gasteiger partial charge in [0, 0.05) is 32.0 Å². The highest BCUT2D eigenvalue weighted by molar-refractivity contribution is 5.88. The van der Waals surface area contributed by atoms with Gasteiger partial charge in [-0.3, -0.25) is 19.6 Å². The van der Waals surface area contributed by atoms with Gasteiger partial charge in [-0.2, -0.15) is 0 Å². The van der Waals surface area contributed by atoms with Gasteiger partial charge in [0.25, 0.3) is 5.91 Å². The zero-order chi connectivity index (χ0) is 30.2. The number of rotatable bonds is 12. The van der Waals surface area contributed by atoms with Gasteiger partial charge in [-0.25, -0.2) is 5.48 Å². The van der Waals surface area contributed by atoms with Crippen LogP contribution in [0.4, 0.5) is 0 Å². The Kier molecular flexibility index (Phi) is 16.3. The number of unbranched alkanes of at least 4 members (excludes halogenated alkanes) is 1. The molecule has 0 bridgehead atoms. The highest BCUT2D eigenvalue weighted by Crippen LogP contribution is 2.41. The molecule has 7 heteroatoms. The maximum absolute atomic E-state index is 13.5. The standard InChI is InChI=1S/C27H47N3O4.C8H16/c1-2-3-16-29(20-25(31)28-34)26(32)18-23-15-10-17-30(27(23)33)19-24(21-11-6-4-7-12-21)22-13-8-5-9-14-22;1-2-8-6-4-3-5-7-8/h21-24,34H,2-20H2,1H3,(H,28,31);8H,2-7H2,1H3. The number of piperidine rings is 1. The number of nitrogens with zero attached hydrogens (tertiary/aromatic N) is 2. The van der Waals surface area contributed by atoms with Gasteiger partial charge < -0.3 is 9.80 Å². The van der Waals surface area contributed by atoms with E-state index in [1.165, 1.54) is 108 Å². The van der Waals surface area contributed by atoms with Crippen molar-refractivity contribution < 1.29 is 19.6 Å². The zero-order valence-corrected chi connectivity index (χ0v) is 27.1. The molecule has 7 nitrogen and oxygen atoms in total. The van der Waals surface area contributed by atoms with Crippen molar-refractivity contribution in [2.45, 2.75) is 149 Å². The number of hydrogen-bond donors (Lipinski definition) is 2. The van der Waals surface area contributed by atoms with E-state index in [-0.39, 0.29) is 30.7 Å². The van der Waals surface area contributed by atoms with Crippen LogP contribution in [-0.2, 0) is 14.4 Å². The van der Waals surface area contributed by atoms with E-state index < -0.39 is 5.91 Å². The van der Waals surface area contributed by atoms with Crippen LogP contribution in [0.5, 0.6) is 0 Å². The van der Waals surface area contributed by atoms with E-state index in [2.05, 4.69) is 11.8 Å². The van der Waals surface area contributed by atoms with E-state index >= 15 is 0 Å². The molecule has 4 fully saturated rings. The van der Waals surface area contributed by atoms with Crippen molar-refractivity contribution in [2.75, 3.05) is 26.2 Å². The van der Waals surface area contributed by atoms with Gasteiger partial charge >= 0.3 is 0 Å². The molecular formula is C35H63N3O4. The third-order valence-electron chi connectivity index (χ3n) is 10.9. The Morgan fingerprint density at radius 2 is 1.43 bits per heavy atom. The molecule has 0 aromatic heterocycles. The predicted octanol–water partition coefficient (Wildman–Crippen LogP) is 7.50. The average molecular weight is 590 g/mol. The molecule has 0 radical (unpaired) electrons. The van der Waals surface area contributed by atoms with Gasteiger partial charge in [0.1, 0.15) is 6.54 Å². The number of carbonyl (C=O) groups excluding carboxylic acids is 3. The summed E-state index contributed by atoms with van der Waals surface area (Å²) in [6.07, 6.45) is 25.7. The minimum atomic E-state index is -0.594. The van der Waals surface area contributed by atoms with Gasteiger partial charge in [0.05, 0.1) is 0 Å². The SMILES string of the molecule is CCC1CCCCC1.CCCCN(CC(=O)NO)C(=O)CC1CCCN(CC(C2CCCCC2)C2CCCCC2)C1=O. The van der Waals surface area contributed by atoms with Crippen molar-refractivity contribution in [3.63, 3.8) is 0 Å². The Labute approximate surface area is 256 Å². The molecule has 1 atom stereocenters. The lowest BCUT2D eigenvalue weighted by molar-refractivity contribution is -0.146. The second-order valence-corrected chi connectivity index (χ2v) is 13.9. The van der Waals surface area contributed by atoms with E-state index in [1.807, 2.05) is 6.92 Å². The summed E-state index contributed by atoms with van der Waals surface area (Å²) in [4.78, 5) is 41.8. The van der Waals surface area contributed by atoms with Crippen LogP contribution in [0, 0.1) is 29.6 Å². The van der Waals surface area contributed by atoms with Crippen molar-refractivity contribution in [3.05, 3.63) is 0 Å². The van der Waals surface area contributed by atoms with Gasteiger partial charge in [-0.1, -0.05) is 123 Å². The molecule has 0 aromatic rings. The van der Waals surface area contributed by atoms with Crippen molar-refractivity contribution in [2.24, 2.45) is 29.6 Å². The summed E-state index contributed by atoms with van der Waals surface area (Å²) >= 11 is 0. The lowest BCUT2D eigenvalue weighted by atomic mass is 9.69. The minimum Gasteiger partial charge on any atom is -0.342 e. The van der Waals surface area contributed by atoms with Gasteiger partial charge in [-0.15, -0.1) is 0 Å². The van der Waals surface area contributed by atoms with E-state index in [4.69, 9.17) is 5.21 Å². The van der Waals surface area contributed by atoms with Crippen LogP contribution in [0.1, 0.15) is 149 Å². The van der Waals surface area contributed by atoms with E-state index in [0.717, 1.165) is 56.5 Å². The molecule has 3 saturated carbocycles. The molecule has 0 aromatic carbocycles. The largest absolute Gasteiger partial charge is 0.342 e. The maximum Gasteiger partial charge on any atom is 0.262 e. The summed E-state index contributed by atoms with van der Waals surface area (Å²) in [5.74, 6) is 2.27. The monoisotopic (exact) mass is 589 g/mol. The Balaban J connectivity index is 0.000000521. The van der Waals surface area contributed by atoms with Crippen LogP contribution in [0.15, 0.2) is 0 Å². The van der Waals surface area contributed by atoms with Crippen LogP contribution < -0.4 is 5.48 Å². The minimum absolute atomic E-state index is 0.137. The number of carbonyl (C=O) groups is 3. The van der Waals surface area contributed by atoms with E-state index in [9.17, 15) is 14.4 Å². The molecule has 3 amide bonds. The molecule has 1 saturated heterocycles. The first kappa shape index (κ1) is 34.9. The molecule has 3 aliphatic carbocycles. The number of amides is 3. The Morgan fingerprint density at radius 1 is 0.857 bits per heavy atom. The highest BCUT2D eigenvalue weighted by atomic mass is 16.5. The molecule has 1 unspecified atom stereocenters. The molecule has 1 aliphatic heterocycles. The fourth-order valence-electron chi connectivity index (χ4n) is 8.24. The molecule has 42 heavy (non-hydrogen) atoms. The Hall–Kier alpha value is -1.63. The van der Waals surface area contributed by atoms with Crippen LogP contribution >= 0.6 is 0 Å². The Morgan fingerprint density at radius 3 is 1.93 bits per heavy atom. The average Bonchev–Trinajstić information content (AvgIpc) is 3.04. The first-order valence-corrected chi connectivity index (χ1v) is 18.0. The van der Waals surface area contributed by atoms with Crippen molar-refractivity contribution in [1.29, 1.82) is 0 Å². The van der Waals surface area contributed by atoms with Gasteiger partial charge in [0.2, 0.25) is 11.8 Å². The van der Waals surface area contributed by atoms with Crippen LogP contribution in [0.2, 0.25) is 0 Å². The molecule has 242 valence electrons. The fraction of sp³-hybridized carbons (Fsp3) is 0.914. The van der Waals surface area contributed by atoms with Crippen LogP contribution in [0.25, 0.3) is 0 Å². The molecular weight excluding hydrogens is 526 g/mol. The molecule has 0 spiro atoms.